The highest BCUT2D eigenvalue weighted by atomic mass is 35.5. The van der Waals surface area contributed by atoms with E-state index in [0.29, 0.717) is 61.7 Å². The first-order chi connectivity index (χ1) is 19.6. The number of pyridine rings is 1. The van der Waals surface area contributed by atoms with Crippen LogP contribution in [0.2, 0.25) is 5.02 Å². The van der Waals surface area contributed by atoms with Crippen molar-refractivity contribution in [2.45, 2.75) is 18.6 Å². The number of ether oxygens (including phenoxy) is 3. The van der Waals surface area contributed by atoms with Gasteiger partial charge in [-0.25, -0.2) is 19.7 Å². The Morgan fingerprint density at radius 2 is 2.08 bits per heavy atom. The lowest BCUT2D eigenvalue weighted by Crippen LogP contribution is -2.42. The molecule has 1 aromatic carbocycles. The van der Waals surface area contributed by atoms with Crippen molar-refractivity contribution in [2.75, 3.05) is 38.2 Å². The van der Waals surface area contributed by atoms with E-state index in [-0.39, 0.29) is 18.2 Å². The summed E-state index contributed by atoms with van der Waals surface area (Å²) in [6.45, 7) is 2.80. The van der Waals surface area contributed by atoms with Gasteiger partial charge in [-0.3, -0.25) is 5.32 Å². The van der Waals surface area contributed by atoms with E-state index in [2.05, 4.69) is 37.4 Å². The fourth-order valence-electron chi connectivity index (χ4n) is 4.35. The molecule has 2 aliphatic heterocycles. The number of fused-ring (bicyclic) bond motifs is 1. The number of hydrogen-bond donors (Lipinski definition) is 2. The van der Waals surface area contributed by atoms with Crippen LogP contribution in [0.15, 0.2) is 55.0 Å². The molecule has 10 nitrogen and oxygen atoms in total. The molecule has 2 atom stereocenters. The summed E-state index contributed by atoms with van der Waals surface area (Å²) < 4.78 is 17.6. The predicted octanol–water partition coefficient (Wildman–Crippen LogP) is 4.83. The summed E-state index contributed by atoms with van der Waals surface area (Å²) in [5, 5.41) is 7.10. The summed E-state index contributed by atoms with van der Waals surface area (Å²) in [6, 6.07) is 12.7. The van der Waals surface area contributed by atoms with E-state index in [0.717, 1.165) is 20.8 Å². The number of carbonyl (C=O) groups is 1. The minimum absolute atomic E-state index is 0.0645. The van der Waals surface area contributed by atoms with Crippen LogP contribution in [0.3, 0.4) is 0 Å². The molecule has 40 heavy (non-hydrogen) atoms. The molecule has 0 saturated carbocycles. The number of amides is 1. The maximum atomic E-state index is 12.4. The van der Waals surface area contributed by atoms with Crippen LogP contribution in [0.25, 0.3) is 10.2 Å². The zero-order valence-electron chi connectivity index (χ0n) is 21.3. The van der Waals surface area contributed by atoms with Crippen LogP contribution in [-0.2, 0) is 9.47 Å². The molecule has 2 aliphatic rings. The standard InChI is InChI=1S/C28H25ClN6O4S/c29-22-14-19(5-7-24(22)39-25-3-1-2-8-30-25)34-27-26-23(32-17-33-27)15-21(40-26)6-4-18-13-20(16-31-18)38-28(36)35-9-11-37-12-10-35/h1-3,5,7-8,14-15,17-18,20,31H,9-13,16H2,(H,32,33,34)/t18-,20-/m1/s1. The van der Waals surface area contributed by atoms with Crippen LogP contribution in [0, 0.1) is 11.8 Å². The lowest BCUT2D eigenvalue weighted by molar-refractivity contribution is 0.0156. The lowest BCUT2D eigenvalue weighted by Gasteiger charge is -2.27. The molecular weight excluding hydrogens is 552 g/mol. The highest BCUT2D eigenvalue weighted by molar-refractivity contribution is 7.20. The first kappa shape index (κ1) is 26.3. The number of morpholine rings is 1. The van der Waals surface area contributed by atoms with E-state index in [4.69, 9.17) is 25.8 Å². The third-order valence-electron chi connectivity index (χ3n) is 6.35. The van der Waals surface area contributed by atoms with Crippen LogP contribution in [0.5, 0.6) is 11.6 Å². The van der Waals surface area contributed by atoms with Crippen molar-refractivity contribution in [3.63, 3.8) is 0 Å². The number of carbonyl (C=O) groups excluding carboxylic acids is 1. The minimum atomic E-state index is -0.288. The molecule has 5 heterocycles. The number of anilines is 2. The molecule has 3 aromatic heterocycles. The second-order valence-electron chi connectivity index (χ2n) is 9.16. The van der Waals surface area contributed by atoms with E-state index < -0.39 is 0 Å². The van der Waals surface area contributed by atoms with Crippen molar-refractivity contribution in [3.8, 4) is 23.5 Å². The Morgan fingerprint density at radius 3 is 2.90 bits per heavy atom. The zero-order valence-corrected chi connectivity index (χ0v) is 22.9. The first-order valence-corrected chi connectivity index (χ1v) is 14.0. The summed E-state index contributed by atoms with van der Waals surface area (Å²) >= 11 is 7.97. The topological polar surface area (TPSA) is 111 Å². The van der Waals surface area contributed by atoms with Crippen LogP contribution in [0.1, 0.15) is 11.3 Å². The van der Waals surface area contributed by atoms with E-state index in [1.165, 1.54) is 17.7 Å². The van der Waals surface area contributed by atoms with Gasteiger partial charge in [-0.1, -0.05) is 29.5 Å². The van der Waals surface area contributed by atoms with E-state index in [1.807, 2.05) is 24.3 Å². The number of aromatic nitrogens is 3. The van der Waals surface area contributed by atoms with Crippen molar-refractivity contribution >= 4 is 50.8 Å². The molecule has 0 bridgehead atoms. The van der Waals surface area contributed by atoms with Crippen LogP contribution in [-0.4, -0.2) is 70.9 Å². The van der Waals surface area contributed by atoms with Crippen LogP contribution >= 0.6 is 22.9 Å². The molecule has 4 aromatic rings. The fraction of sp³-hybridized carbons (Fsp3) is 0.286. The van der Waals surface area contributed by atoms with Gasteiger partial charge in [0.25, 0.3) is 0 Å². The molecule has 12 heteroatoms. The highest BCUT2D eigenvalue weighted by Crippen LogP contribution is 2.34. The largest absolute Gasteiger partial charge is 0.445 e. The van der Waals surface area contributed by atoms with E-state index in [1.54, 1.807) is 29.3 Å². The Balaban J connectivity index is 1.10. The first-order valence-electron chi connectivity index (χ1n) is 12.8. The quantitative estimate of drug-likeness (QED) is 0.323. The fourth-order valence-corrected chi connectivity index (χ4v) is 5.48. The number of benzene rings is 1. The number of nitrogens with one attached hydrogen (secondary N) is 2. The van der Waals surface area contributed by atoms with E-state index in [9.17, 15) is 4.79 Å². The third-order valence-corrected chi connectivity index (χ3v) is 7.70. The maximum Gasteiger partial charge on any atom is 0.410 e. The molecular formula is C28H25ClN6O4S. The number of halogens is 1. The number of rotatable bonds is 5. The minimum Gasteiger partial charge on any atom is -0.445 e. The van der Waals surface area contributed by atoms with Crippen molar-refractivity contribution in [3.05, 3.63) is 64.9 Å². The second kappa shape index (κ2) is 12.1. The van der Waals surface area contributed by atoms with Crippen molar-refractivity contribution < 1.29 is 19.0 Å². The molecule has 204 valence electrons. The predicted molar refractivity (Wildman–Crippen MR) is 152 cm³/mol. The number of thiophene rings is 1. The average Bonchev–Trinajstić information content (AvgIpc) is 3.61. The van der Waals surface area contributed by atoms with Crippen molar-refractivity contribution in [1.29, 1.82) is 0 Å². The molecule has 6 rings (SSSR count). The molecule has 0 aliphatic carbocycles. The molecule has 2 fully saturated rings. The van der Waals surface area contributed by atoms with Crippen molar-refractivity contribution in [2.24, 2.45) is 0 Å². The van der Waals surface area contributed by atoms with Gasteiger partial charge in [-0.15, -0.1) is 11.3 Å². The second-order valence-corrected chi connectivity index (χ2v) is 10.6. The van der Waals surface area contributed by atoms with Crippen LogP contribution in [0.4, 0.5) is 16.3 Å². The molecule has 0 unspecified atom stereocenters. The van der Waals surface area contributed by atoms with Gasteiger partial charge < -0.3 is 24.4 Å². The lowest BCUT2D eigenvalue weighted by atomic mass is 10.2. The highest BCUT2D eigenvalue weighted by Gasteiger charge is 2.28. The van der Waals surface area contributed by atoms with Gasteiger partial charge in [0.1, 0.15) is 18.2 Å². The molecule has 0 spiro atoms. The van der Waals surface area contributed by atoms with E-state index >= 15 is 0 Å². The van der Waals surface area contributed by atoms with Gasteiger partial charge in [-0.05, 0) is 30.3 Å². The summed E-state index contributed by atoms with van der Waals surface area (Å²) in [7, 11) is 0. The van der Waals surface area contributed by atoms with Gasteiger partial charge in [0.2, 0.25) is 5.88 Å². The van der Waals surface area contributed by atoms with Gasteiger partial charge >= 0.3 is 6.09 Å². The number of nitrogens with zero attached hydrogens (tertiary/aromatic N) is 4. The SMILES string of the molecule is O=C(O[C@H]1CN[C@H](C#Cc2cc3ncnc(Nc4ccc(Oc5ccccn5)c(Cl)c4)c3s2)C1)N1CCOCC1. The molecule has 2 saturated heterocycles. The molecule has 0 radical (unpaired) electrons. The van der Waals surface area contributed by atoms with Crippen LogP contribution < -0.4 is 15.4 Å². The Kier molecular flexibility index (Phi) is 7.92. The Morgan fingerprint density at radius 1 is 1.18 bits per heavy atom. The van der Waals surface area contributed by atoms with Gasteiger partial charge in [0.05, 0.1) is 39.4 Å². The third kappa shape index (κ3) is 6.26. The number of hydrogen-bond acceptors (Lipinski definition) is 10. The Hall–Kier alpha value is -3.95. The Labute approximate surface area is 239 Å². The summed E-state index contributed by atoms with van der Waals surface area (Å²) in [6.07, 6.45) is 3.32. The summed E-state index contributed by atoms with van der Waals surface area (Å²) in [4.78, 5) is 27.9. The smallest absolute Gasteiger partial charge is 0.410 e. The monoisotopic (exact) mass is 576 g/mol. The van der Waals surface area contributed by atoms with Gasteiger partial charge in [0.15, 0.2) is 5.82 Å². The zero-order chi connectivity index (χ0) is 27.3. The van der Waals surface area contributed by atoms with Gasteiger partial charge in [-0.2, -0.15) is 0 Å². The van der Waals surface area contributed by atoms with Gasteiger partial charge in [0, 0.05) is 44.0 Å². The maximum absolute atomic E-state index is 12.4. The normalized spacial score (nSPS) is 18.7. The van der Waals surface area contributed by atoms with Crippen molar-refractivity contribution in [1.82, 2.24) is 25.2 Å². The molecule has 1 amide bonds. The summed E-state index contributed by atoms with van der Waals surface area (Å²) in [5.74, 6) is 8.14. The molecule has 2 N–H and O–H groups in total. The Bertz CT molecular complexity index is 1570. The average molecular weight is 577 g/mol. The summed E-state index contributed by atoms with van der Waals surface area (Å²) in [5.41, 5.74) is 1.55.